The van der Waals surface area contributed by atoms with Gasteiger partial charge in [-0.2, -0.15) is 5.10 Å². The molecular weight excluding hydrogens is 801 g/mol. The van der Waals surface area contributed by atoms with Crippen molar-refractivity contribution < 1.29 is 27.6 Å². The Morgan fingerprint density at radius 1 is 0.984 bits per heavy atom. The molecule has 4 aromatic heterocycles. The molecule has 1 aromatic carbocycles. The maximum absolute atomic E-state index is 14.2. The lowest BCUT2D eigenvalue weighted by molar-refractivity contribution is -0.135. The van der Waals surface area contributed by atoms with Gasteiger partial charge in [-0.15, -0.1) is 0 Å². The largest absolute Gasteiger partial charge is 0.444 e. The number of pyridine rings is 1. The Morgan fingerprint density at radius 3 is 2.50 bits per heavy atom. The number of piperidine rings is 2. The highest BCUT2D eigenvalue weighted by atomic mass is 19.3. The smallest absolute Gasteiger partial charge is 0.329 e. The molecule has 4 aliphatic rings. The summed E-state index contributed by atoms with van der Waals surface area (Å²) in [6.45, 7) is 4.46. The van der Waals surface area contributed by atoms with Crippen molar-refractivity contribution in [3.63, 3.8) is 0 Å². The van der Waals surface area contributed by atoms with Gasteiger partial charge >= 0.3 is 5.69 Å². The van der Waals surface area contributed by atoms with Crippen LogP contribution in [0, 0.1) is 11.8 Å². The van der Waals surface area contributed by atoms with Gasteiger partial charge in [-0.25, -0.2) is 23.5 Å². The van der Waals surface area contributed by atoms with Crippen molar-refractivity contribution in [1.82, 2.24) is 44.0 Å². The van der Waals surface area contributed by atoms with Gasteiger partial charge in [0.2, 0.25) is 17.7 Å². The van der Waals surface area contributed by atoms with E-state index in [1.54, 1.807) is 34.6 Å². The van der Waals surface area contributed by atoms with Crippen LogP contribution >= 0.6 is 0 Å². The molecule has 2 aliphatic heterocycles. The normalized spacial score (nSPS) is 21.5. The minimum atomic E-state index is -2.87. The number of alkyl halides is 2. The van der Waals surface area contributed by atoms with Gasteiger partial charge < -0.3 is 20.0 Å². The van der Waals surface area contributed by atoms with Crippen molar-refractivity contribution >= 4 is 40.3 Å². The zero-order valence-electron chi connectivity index (χ0n) is 35.1. The van der Waals surface area contributed by atoms with Gasteiger partial charge in [0.05, 0.1) is 22.8 Å². The average molecular weight is 854 g/mol. The molecule has 2 saturated carbocycles. The second kappa shape index (κ2) is 17.6. The predicted molar refractivity (Wildman–Crippen MR) is 227 cm³/mol. The van der Waals surface area contributed by atoms with E-state index in [9.17, 15) is 28.0 Å². The number of nitrogens with one attached hydrogen (secondary N) is 3. The summed E-state index contributed by atoms with van der Waals surface area (Å²) in [5.74, 6) is 0.663. The number of oxazole rings is 1. The molecule has 0 bridgehead atoms. The molecule has 0 spiro atoms. The summed E-state index contributed by atoms with van der Waals surface area (Å²) in [6, 6.07) is 9.20. The number of benzene rings is 1. The van der Waals surface area contributed by atoms with Crippen LogP contribution in [0.2, 0.25) is 0 Å². The summed E-state index contributed by atoms with van der Waals surface area (Å²) in [4.78, 5) is 64.3. The summed E-state index contributed by atoms with van der Waals surface area (Å²) in [5, 5.41) is 12.5. The number of imidazole rings is 1. The highest BCUT2D eigenvalue weighted by Crippen LogP contribution is 2.36. The van der Waals surface area contributed by atoms with Crippen LogP contribution in [0.1, 0.15) is 104 Å². The number of carbonyl (C=O) groups excluding carboxylic acids is 3. The number of nitrogens with zero attached hydrogens (tertiary/aromatic N) is 8. The third-order valence-electron chi connectivity index (χ3n) is 13.2. The number of hydrogen-bond acceptors (Lipinski definition) is 11. The molecule has 0 radical (unpaired) electrons. The summed E-state index contributed by atoms with van der Waals surface area (Å²) in [6.07, 6.45) is 10.0. The van der Waals surface area contributed by atoms with Gasteiger partial charge in [0.1, 0.15) is 18.1 Å². The van der Waals surface area contributed by atoms with Crippen LogP contribution < -0.4 is 21.6 Å². The molecule has 3 N–H and O–H groups in total. The number of aromatic nitrogens is 6. The van der Waals surface area contributed by atoms with Crippen molar-refractivity contribution in [1.29, 1.82) is 0 Å². The number of likely N-dealkylation sites (tertiary alicyclic amines) is 1. The van der Waals surface area contributed by atoms with Crippen molar-refractivity contribution in [2.45, 2.75) is 95.3 Å². The third kappa shape index (κ3) is 8.93. The Balaban J connectivity index is 0.747. The zero-order valence-corrected chi connectivity index (χ0v) is 35.1. The fourth-order valence-electron chi connectivity index (χ4n) is 9.44. The lowest BCUT2D eigenvalue weighted by Gasteiger charge is -2.39. The molecule has 5 aromatic rings. The van der Waals surface area contributed by atoms with Gasteiger partial charge in [-0.1, -0.05) is 6.07 Å². The van der Waals surface area contributed by atoms with Gasteiger partial charge in [-0.3, -0.25) is 38.4 Å². The summed E-state index contributed by atoms with van der Waals surface area (Å²) < 4.78 is 38.7. The number of anilines is 2. The average Bonchev–Trinajstić information content (AvgIpc) is 3.68. The first-order chi connectivity index (χ1) is 30.0. The van der Waals surface area contributed by atoms with Crippen molar-refractivity contribution in [2.24, 2.45) is 18.9 Å². The minimum Gasteiger partial charge on any atom is -0.444 e. The maximum Gasteiger partial charge on any atom is 0.329 e. The molecule has 3 amide bonds. The number of fused-ring (bicyclic) bond motifs is 1. The molecule has 2 aliphatic carbocycles. The first kappa shape index (κ1) is 41.6. The molecule has 2 saturated heterocycles. The Morgan fingerprint density at radius 2 is 1.76 bits per heavy atom. The van der Waals surface area contributed by atoms with E-state index in [0.717, 1.165) is 82.3 Å². The molecule has 16 nitrogen and oxygen atoms in total. The number of amides is 3. The fraction of sp³-hybridized carbons (Fsp3) is 0.523. The fourth-order valence-corrected chi connectivity index (χ4v) is 9.44. The molecule has 18 heteroatoms. The summed E-state index contributed by atoms with van der Waals surface area (Å²) >= 11 is 0. The van der Waals surface area contributed by atoms with E-state index in [-0.39, 0.29) is 41.3 Å². The van der Waals surface area contributed by atoms with E-state index >= 15 is 0 Å². The number of halogens is 2. The lowest BCUT2D eigenvalue weighted by Crippen LogP contribution is -2.44. The van der Waals surface area contributed by atoms with Crippen LogP contribution in [0.5, 0.6) is 0 Å². The Bertz CT molecular complexity index is 2510. The molecule has 62 heavy (non-hydrogen) atoms. The zero-order chi connectivity index (χ0) is 43.1. The number of carbonyl (C=O) groups is 3. The first-order valence-corrected chi connectivity index (χ1v) is 21.8. The number of hydrogen-bond donors (Lipinski definition) is 3. The van der Waals surface area contributed by atoms with Gasteiger partial charge in [0, 0.05) is 57.1 Å². The van der Waals surface area contributed by atoms with E-state index < -0.39 is 30.0 Å². The van der Waals surface area contributed by atoms with Crippen molar-refractivity contribution in [2.75, 3.05) is 43.9 Å². The maximum atomic E-state index is 14.2. The Hall–Kier alpha value is -5.75. The summed E-state index contributed by atoms with van der Waals surface area (Å²) in [7, 11) is 3.91. The standard InChI is InChI=1S/C44H53F2N11O5/c1-53(30-14-17-55(18-15-30)23-28-7-10-34-36(19-28)54(2)44(61)57(34)35-11-12-38(58)51-42(35)60)22-27-5-8-31(9-6-27)56-24-32(39(52-56)40(45)46)49-41(59)33-25-62-43(50-33)29-13-16-47-37(20-29)48-21-26-3-4-26/h7,10,13,16,19-20,24-27,30-31,35,40H,3-6,8-9,11-12,14-15,17-18,21-23H2,1-2H3,(H,47,48)(H,49,59)(H,51,58,60)/t27-,31-,35?. The number of rotatable bonds is 14. The van der Waals surface area contributed by atoms with E-state index in [1.807, 2.05) is 18.2 Å². The Labute approximate surface area is 357 Å². The van der Waals surface area contributed by atoms with E-state index in [4.69, 9.17) is 4.42 Å². The number of aryl methyl sites for hydroxylation is 1. The van der Waals surface area contributed by atoms with E-state index in [1.165, 1.54) is 29.9 Å². The third-order valence-corrected chi connectivity index (χ3v) is 13.2. The number of imide groups is 1. The monoisotopic (exact) mass is 853 g/mol. The minimum absolute atomic E-state index is 0.0278. The van der Waals surface area contributed by atoms with Crippen LogP contribution in [-0.2, 0) is 23.2 Å². The molecular formula is C44H53F2N11O5. The topological polar surface area (TPSA) is 177 Å². The van der Waals surface area contributed by atoms with Crippen LogP contribution in [0.15, 0.2) is 58.2 Å². The molecule has 1 unspecified atom stereocenters. The highest BCUT2D eigenvalue weighted by Gasteiger charge is 2.33. The quantitative estimate of drug-likeness (QED) is 0.113. The van der Waals surface area contributed by atoms with Crippen LogP contribution in [0.4, 0.5) is 20.3 Å². The first-order valence-electron chi connectivity index (χ1n) is 21.8. The van der Waals surface area contributed by atoms with Gasteiger partial charge in [0.25, 0.3) is 12.3 Å². The second-order valence-corrected chi connectivity index (χ2v) is 17.6. The van der Waals surface area contributed by atoms with Gasteiger partial charge in [0.15, 0.2) is 11.4 Å². The predicted octanol–water partition coefficient (Wildman–Crippen LogP) is 5.90. The van der Waals surface area contributed by atoms with Crippen molar-refractivity contribution in [3.05, 3.63) is 76.4 Å². The lowest BCUT2D eigenvalue weighted by atomic mass is 9.85. The Kier molecular flexibility index (Phi) is 11.8. The summed E-state index contributed by atoms with van der Waals surface area (Å²) in [5.41, 5.74) is 2.39. The molecule has 6 heterocycles. The SMILES string of the molecule is CN(C[C@H]1CC[C@H](n2cc(NC(=O)c3coc(-c4ccnc(NCC5CC5)c4)n3)c(C(F)F)n2)CC1)C1CCN(Cc2ccc3c(c2)n(C)c(=O)n3C2CCC(=O)NC2=O)CC1. The van der Waals surface area contributed by atoms with Gasteiger partial charge in [-0.05, 0) is 120 Å². The van der Waals surface area contributed by atoms with E-state index in [2.05, 4.69) is 47.9 Å². The highest BCUT2D eigenvalue weighted by molar-refractivity contribution is 6.03. The van der Waals surface area contributed by atoms with E-state index in [0.29, 0.717) is 41.2 Å². The van der Waals surface area contributed by atoms with Crippen molar-refractivity contribution in [3.8, 4) is 11.5 Å². The molecule has 328 valence electrons. The van der Waals surface area contributed by atoms with Crippen LogP contribution in [0.25, 0.3) is 22.5 Å². The second-order valence-electron chi connectivity index (χ2n) is 17.6. The molecule has 9 rings (SSSR count). The van der Waals surface area contributed by atoms with Crippen LogP contribution in [0.3, 0.4) is 0 Å². The van der Waals surface area contributed by atoms with Crippen LogP contribution in [-0.4, -0.2) is 95.7 Å². The molecule has 4 fully saturated rings. The molecule has 1 atom stereocenters.